The highest BCUT2D eigenvalue weighted by Gasteiger charge is 2.10. The fourth-order valence-electron chi connectivity index (χ4n) is 2.80. The first-order chi connectivity index (χ1) is 11.2. The number of ether oxygens (including phenoxy) is 1. The third-order valence-corrected chi connectivity index (χ3v) is 4.56. The summed E-state index contributed by atoms with van der Waals surface area (Å²) in [5.74, 6) is 1.08. The van der Waals surface area contributed by atoms with Gasteiger partial charge in [0.2, 0.25) is 0 Å². The van der Waals surface area contributed by atoms with Gasteiger partial charge < -0.3 is 4.74 Å². The Morgan fingerprint density at radius 3 is 2.83 bits per heavy atom. The summed E-state index contributed by atoms with van der Waals surface area (Å²) in [6.07, 6.45) is 6.64. The highest BCUT2D eigenvalue weighted by Crippen LogP contribution is 2.26. The monoisotopic (exact) mass is 371 g/mol. The van der Waals surface area contributed by atoms with Crippen molar-refractivity contribution >= 4 is 22.0 Å². The van der Waals surface area contributed by atoms with Gasteiger partial charge in [-0.1, -0.05) is 52.3 Å². The van der Waals surface area contributed by atoms with E-state index in [9.17, 15) is 0 Å². The number of fused-ring (bicyclic) bond motifs is 1. The molecule has 2 aromatic rings. The molecule has 0 fully saturated rings. The van der Waals surface area contributed by atoms with E-state index in [0.717, 1.165) is 42.8 Å². The molecule has 0 amide bonds. The molecule has 1 heterocycles. The van der Waals surface area contributed by atoms with E-state index in [-0.39, 0.29) is 0 Å². The Morgan fingerprint density at radius 1 is 1.17 bits per heavy atom. The van der Waals surface area contributed by atoms with Gasteiger partial charge >= 0.3 is 0 Å². The smallest absolute Gasteiger partial charge is 0.122 e. The molecule has 0 bridgehead atoms. The van der Waals surface area contributed by atoms with Crippen LogP contribution in [0, 0.1) is 0 Å². The average molecular weight is 372 g/mol. The standard InChI is InChI=1S/C20H22BrNO/c1-22(12-2-4-16-7-10-19(21)11-8-16)15-17-6-9-18-5-3-13-23-20(18)14-17/h2,4,6-11,14H,3,5,12-13,15H2,1H3/b4-2+. The van der Waals surface area contributed by atoms with Crippen molar-refractivity contribution in [2.24, 2.45) is 0 Å². The minimum Gasteiger partial charge on any atom is -0.493 e. The molecule has 2 nitrogen and oxygen atoms in total. The molecule has 0 aromatic heterocycles. The predicted octanol–water partition coefficient (Wildman–Crippen LogP) is 4.92. The van der Waals surface area contributed by atoms with Crippen LogP contribution >= 0.6 is 15.9 Å². The number of halogens is 1. The van der Waals surface area contributed by atoms with Crippen LogP contribution in [0.5, 0.6) is 5.75 Å². The normalized spacial score (nSPS) is 14.0. The molecule has 1 aliphatic heterocycles. The Hall–Kier alpha value is -1.58. The second kappa shape index (κ2) is 7.80. The molecule has 0 N–H and O–H groups in total. The van der Waals surface area contributed by atoms with E-state index in [4.69, 9.17) is 4.74 Å². The minimum atomic E-state index is 0.849. The van der Waals surface area contributed by atoms with Crippen molar-refractivity contribution in [1.29, 1.82) is 0 Å². The van der Waals surface area contributed by atoms with Crippen molar-refractivity contribution in [2.45, 2.75) is 19.4 Å². The van der Waals surface area contributed by atoms with E-state index >= 15 is 0 Å². The number of rotatable bonds is 5. The van der Waals surface area contributed by atoms with E-state index in [2.05, 4.69) is 82.5 Å². The molecule has 3 heteroatoms. The highest BCUT2D eigenvalue weighted by molar-refractivity contribution is 9.10. The van der Waals surface area contributed by atoms with Gasteiger partial charge in [-0.05, 0) is 54.8 Å². The molecular weight excluding hydrogens is 350 g/mol. The van der Waals surface area contributed by atoms with E-state index in [1.807, 2.05) is 0 Å². The van der Waals surface area contributed by atoms with Gasteiger partial charge in [-0.15, -0.1) is 0 Å². The first-order valence-electron chi connectivity index (χ1n) is 8.06. The van der Waals surface area contributed by atoms with Crippen LogP contribution in [0.2, 0.25) is 0 Å². The molecule has 120 valence electrons. The SMILES string of the molecule is CN(C/C=C/c1ccc(Br)cc1)Cc1ccc2c(c1)OCCC2. The summed E-state index contributed by atoms with van der Waals surface area (Å²) in [5.41, 5.74) is 3.88. The lowest BCUT2D eigenvalue weighted by atomic mass is 10.0. The lowest BCUT2D eigenvalue weighted by molar-refractivity contribution is 0.287. The van der Waals surface area contributed by atoms with Crippen LogP contribution in [0.25, 0.3) is 6.08 Å². The molecule has 3 rings (SSSR count). The molecule has 0 saturated carbocycles. The number of aryl methyl sites for hydroxylation is 1. The van der Waals surface area contributed by atoms with E-state index in [0.29, 0.717) is 0 Å². The van der Waals surface area contributed by atoms with Gasteiger partial charge in [0, 0.05) is 17.6 Å². The Balaban J connectivity index is 1.54. The molecule has 0 aliphatic carbocycles. The summed E-state index contributed by atoms with van der Waals surface area (Å²) in [6, 6.07) is 15.0. The molecule has 0 unspecified atom stereocenters. The molecule has 0 radical (unpaired) electrons. The van der Waals surface area contributed by atoms with Gasteiger partial charge in [-0.25, -0.2) is 0 Å². The summed E-state index contributed by atoms with van der Waals surface area (Å²) < 4.78 is 6.87. The van der Waals surface area contributed by atoms with Gasteiger partial charge in [-0.3, -0.25) is 4.90 Å². The van der Waals surface area contributed by atoms with Crippen LogP contribution in [-0.2, 0) is 13.0 Å². The summed E-state index contributed by atoms with van der Waals surface area (Å²) >= 11 is 3.46. The van der Waals surface area contributed by atoms with Crippen LogP contribution in [0.1, 0.15) is 23.1 Å². The van der Waals surface area contributed by atoms with Crippen molar-refractivity contribution in [2.75, 3.05) is 20.2 Å². The summed E-state index contributed by atoms with van der Waals surface area (Å²) in [4.78, 5) is 2.31. The molecule has 0 spiro atoms. The Kier molecular flexibility index (Phi) is 5.52. The number of benzene rings is 2. The Bertz CT molecular complexity index is 679. The summed E-state index contributed by atoms with van der Waals surface area (Å²) in [6.45, 7) is 2.71. The fraction of sp³-hybridized carbons (Fsp3) is 0.300. The molecule has 0 saturated heterocycles. The van der Waals surface area contributed by atoms with Crippen LogP contribution in [0.4, 0.5) is 0 Å². The Morgan fingerprint density at radius 2 is 2.00 bits per heavy atom. The zero-order valence-corrected chi connectivity index (χ0v) is 15.1. The van der Waals surface area contributed by atoms with Gasteiger partial charge in [0.1, 0.15) is 5.75 Å². The topological polar surface area (TPSA) is 12.5 Å². The number of hydrogen-bond donors (Lipinski definition) is 0. The van der Waals surface area contributed by atoms with Gasteiger partial charge in [0.25, 0.3) is 0 Å². The lowest BCUT2D eigenvalue weighted by Gasteiger charge is -2.20. The molecule has 0 atom stereocenters. The number of nitrogens with zero attached hydrogens (tertiary/aromatic N) is 1. The predicted molar refractivity (Wildman–Crippen MR) is 99.8 cm³/mol. The molecule has 2 aromatic carbocycles. The largest absolute Gasteiger partial charge is 0.493 e. The van der Waals surface area contributed by atoms with Gasteiger partial charge in [0.15, 0.2) is 0 Å². The van der Waals surface area contributed by atoms with Gasteiger partial charge in [-0.2, -0.15) is 0 Å². The lowest BCUT2D eigenvalue weighted by Crippen LogP contribution is -2.18. The second-order valence-corrected chi connectivity index (χ2v) is 6.96. The third-order valence-electron chi connectivity index (χ3n) is 4.03. The quantitative estimate of drug-likeness (QED) is 0.739. The van der Waals surface area contributed by atoms with E-state index in [1.165, 1.54) is 16.7 Å². The van der Waals surface area contributed by atoms with Crippen LogP contribution in [-0.4, -0.2) is 25.1 Å². The zero-order chi connectivity index (χ0) is 16.1. The zero-order valence-electron chi connectivity index (χ0n) is 13.5. The van der Waals surface area contributed by atoms with Crippen molar-refractivity contribution in [3.8, 4) is 5.75 Å². The highest BCUT2D eigenvalue weighted by atomic mass is 79.9. The minimum absolute atomic E-state index is 0.849. The van der Waals surface area contributed by atoms with Crippen molar-refractivity contribution < 1.29 is 4.74 Å². The maximum Gasteiger partial charge on any atom is 0.122 e. The third kappa shape index (κ3) is 4.69. The Labute approximate surface area is 146 Å². The molecular formula is C20H22BrNO. The average Bonchev–Trinajstić information content (AvgIpc) is 2.56. The maximum absolute atomic E-state index is 5.76. The summed E-state index contributed by atoms with van der Waals surface area (Å²) in [5, 5.41) is 0. The number of hydrogen-bond acceptors (Lipinski definition) is 2. The number of likely N-dealkylation sites (N-methyl/N-ethyl adjacent to an activating group) is 1. The first kappa shape index (κ1) is 16.3. The molecule has 1 aliphatic rings. The fourth-order valence-corrected chi connectivity index (χ4v) is 3.07. The maximum atomic E-state index is 5.76. The summed E-state index contributed by atoms with van der Waals surface area (Å²) in [7, 11) is 2.15. The van der Waals surface area contributed by atoms with E-state index in [1.54, 1.807) is 0 Å². The van der Waals surface area contributed by atoms with Crippen molar-refractivity contribution in [3.63, 3.8) is 0 Å². The molecule has 23 heavy (non-hydrogen) atoms. The van der Waals surface area contributed by atoms with Crippen molar-refractivity contribution in [3.05, 3.63) is 69.7 Å². The van der Waals surface area contributed by atoms with Crippen molar-refractivity contribution in [1.82, 2.24) is 4.90 Å². The van der Waals surface area contributed by atoms with Crippen LogP contribution < -0.4 is 4.74 Å². The van der Waals surface area contributed by atoms with Crippen LogP contribution in [0.15, 0.2) is 53.0 Å². The van der Waals surface area contributed by atoms with E-state index < -0.39 is 0 Å². The van der Waals surface area contributed by atoms with Crippen LogP contribution in [0.3, 0.4) is 0 Å². The van der Waals surface area contributed by atoms with Gasteiger partial charge in [0.05, 0.1) is 6.61 Å². The first-order valence-corrected chi connectivity index (χ1v) is 8.85. The second-order valence-electron chi connectivity index (χ2n) is 6.04.